The number of ketones is 1. The second kappa shape index (κ2) is 7.92. The quantitative estimate of drug-likeness (QED) is 0.738. The van der Waals surface area contributed by atoms with Crippen molar-refractivity contribution in [1.82, 2.24) is 0 Å². The minimum atomic E-state index is -0.618. The molecule has 0 atom stereocenters. The lowest BCUT2D eigenvalue weighted by molar-refractivity contribution is -0.129. The zero-order chi connectivity index (χ0) is 18.4. The molecule has 2 aromatic carbocycles. The molecule has 132 valence electrons. The van der Waals surface area contributed by atoms with Crippen molar-refractivity contribution in [2.24, 2.45) is 5.41 Å². The SMILES string of the molecule is CC(C)(C)C(=O)COC(=O)c1ccccc1OCc1ccc(F)cc1. The smallest absolute Gasteiger partial charge is 0.342 e. The highest BCUT2D eigenvalue weighted by Crippen LogP contribution is 2.21. The highest BCUT2D eigenvalue weighted by molar-refractivity contribution is 5.94. The van der Waals surface area contributed by atoms with Gasteiger partial charge >= 0.3 is 5.97 Å². The van der Waals surface area contributed by atoms with Crippen LogP contribution >= 0.6 is 0 Å². The lowest BCUT2D eigenvalue weighted by Gasteiger charge is -2.16. The molecule has 5 heteroatoms. The molecular formula is C20H21FO4. The fourth-order valence-corrected chi connectivity index (χ4v) is 1.93. The van der Waals surface area contributed by atoms with E-state index < -0.39 is 11.4 Å². The third-order valence-corrected chi connectivity index (χ3v) is 3.59. The van der Waals surface area contributed by atoms with Gasteiger partial charge in [-0.2, -0.15) is 0 Å². The highest BCUT2D eigenvalue weighted by atomic mass is 19.1. The Morgan fingerprint density at radius 2 is 1.64 bits per heavy atom. The lowest BCUT2D eigenvalue weighted by atomic mass is 9.91. The van der Waals surface area contributed by atoms with Crippen LogP contribution in [0.15, 0.2) is 48.5 Å². The second-order valence-corrected chi connectivity index (χ2v) is 6.66. The van der Waals surface area contributed by atoms with Gasteiger partial charge in [0.1, 0.15) is 23.7 Å². The number of benzene rings is 2. The maximum absolute atomic E-state index is 12.9. The van der Waals surface area contributed by atoms with E-state index in [1.807, 2.05) is 0 Å². The average Bonchev–Trinajstić information content (AvgIpc) is 2.58. The molecule has 0 radical (unpaired) electrons. The summed E-state index contributed by atoms with van der Waals surface area (Å²) in [5.41, 5.74) is 0.442. The van der Waals surface area contributed by atoms with Gasteiger partial charge in [0, 0.05) is 5.41 Å². The van der Waals surface area contributed by atoms with Crippen molar-refractivity contribution in [3.8, 4) is 5.75 Å². The van der Waals surface area contributed by atoms with E-state index in [-0.39, 0.29) is 30.4 Å². The molecule has 0 amide bonds. The van der Waals surface area contributed by atoms with Crippen LogP contribution < -0.4 is 4.74 Å². The van der Waals surface area contributed by atoms with Crippen LogP contribution in [0, 0.1) is 11.2 Å². The van der Waals surface area contributed by atoms with Gasteiger partial charge in [-0.3, -0.25) is 4.79 Å². The summed E-state index contributed by atoms with van der Waals surface area (Å²) in [6.07, 6.45) is 0. The topological polar surface area (TPSA) is 52.6 Å². The maximum Gasteiger partial charge on any atom is 0.342 e. The zero-order valence-electron chi connectivity index (χ0n) is 14.5. The van der Waals surface area contributed by atoms with E-state index in [4.69, 9.17) is 9.47 Å². The van der Waals surface area contributed by atoms with E-state index in [1.54, 1.807) is 57.2 Å². The molecule has 2 rings (SSSR count). The Labute approximate surface area is 146 Å². The first-order valence-electron chi connectivity index (χ1n) is 7.94. The van der Waals surface area contributed by atoms with E-state index in [1.165, 1.54) is 12.1 Å². The number of esters is 1. The van der Waals surface area contributed by atoms with Crippen LogP contribution in [0.4, 0.5) is 4.39 Å². The van der Waals surface area contributed by atoms with Crippen LogP contribution in [0.2, 0.25) is 0 Å². The summed E-state index contributed by atoms with van der Waals surface area (Å²) >= 11 is 0. The zero-order valence-corrected chi connectivity index (χ0v) is 14.5. The number of carbonyl (C=O) groups is 2. The molecule has 2 aromatic rings. The van der Waals surface area contributed by atoms with Crippen molar-refractivity contribution >= 4 is 11.8 Å². The Hall–Kier alpha value is -2.69. The van der Waals surface area contributed by atoms with Crippen LogP contribution in [0.5, 0.6) is 5.75 Å². The van der Waals surface area contributed by atoms with Crippen LogP contribution in [0.25, 0.3) is 0 Å². The molecule has 0 fully saturated rings. The van der Waals surface area contributed by atoms with Crippen LogP contribution in [-0.4, -0.2) is 18.4 Å². The summed E-state index contributed by atoms with van der Waals surface area (Å²) in [6, 6.07) is 12.5. The van der Waals surface area contributed by atoms with Crippen molar-refractivity contribution in [2.45, 2.75) is 27.4 Å². The van der Waals surface area contributed by atoms with E-state index in [0.29, 0.717) is 5.75 Å². The fourth-order valence-electron chi connectivity index (χ4n) is 1.93. The standard InChI is InChI=1S/C20H21FO4/c1-20(2,3)18(22)13-25-19(23)16-6-4-5-7-17(16)24-12-14-8-10-15(21)11-9-14/h4-11H,12-13H2,1-3H3. The Kier molecular flexibility index (Phi) is 5.91. The minimum Gasteiger partial charge on any atom is -0.488 e. The first-order chi connectivity index (χ1) is 11.8. The lowest BCUT2D eigenvalue weighted by Crippen LogP contribution is -2.26. The number of para-hydroxylation sites is 1. The van der Waals surface area contributed by atoms with Gasteiger partial charge in [0.15, 0.2) is 12.4 Å². The van der Waals surface area contributed by atoms with Gasteiger partial charge in [-0.15, -0.1) is 0 Å². The Balaban J connectivity index is 2.03. The molecule has 0 unspecified atom stereocenters. The van der Waals surface area contributed by atoms with Gasteiger partial charge in [0.05, 0.1) is 0 Å². The van der Waals surface area contributed by atoms with Crippen LogP contribution in [0.1, 0.15) is 36.7 Å². The number of hydrogen-bond acceptors (Lipinski definition) is 4. The summed E-state index contributed by atoms with van der Waals surface area (Å²) in [6.45, 7) is 5.20. The number of halogens is 1. The molecule has 0 saturated heterocycles. The molecule has 25 heavy (non-hydrogen) atoms. The Morgan fingerprint density at radius 3 is 2.28 bits per heavy atom. The highest BCUT2D eigenvalue weighted by Gasteiger charge is 2.23. The predicted molar refractivity (Wildman–Crippen MR) is 91.9 cm³/mol. The molecule has 0 aliphatic carbocycles. The Morgan fingerprint density at radius 1 is 1.00 bits per heavy atom. The molecule has 0 aliphatic rings. The third kappa shape index (κ3) is 5.41. The molecule has 0 N–H and O–H groups in total. The number of rotatable bonds is 6. The summed E-state index contributed by atoms with van der Waals surface area (Å²) in [5.74, 6) is -0.755. The van der Waals surface area contributed by atoms with Crippen LogP contribution in [-0.2, 0) is 16.1 Å². The molecule has 0 spiro atoms. The van der Waals surface area contributed by atoms with Gasteiger partial charge in [0.25, 0.3) is 0 Å². The van der Waals surface area contributed by atoms with Crippen molar-refractivity contribution in [1.29, 1.82) is 0 Å². The number of Topliss-reactive ketones (excluding diaryl/α,β-unsaturated/α-hetero) is 1. The average molecular weight is 344 g/mol. The van der Waals surface area contributed by atoms with Crippen molar-refractivity contribution in [3.05, 3.63) is 65.5 Å². The molecule has 0 heterocycles. The number of carbonyl (C=O) groups excluding carboxylic acids is 2. The first-order valence-corrected chi connectivity index (χ1v) is 7.94. The molecular weight excluding hydrogens is 323 g/mol. The fraction of sp³-hybridized carbons (Fsp3) is 0.300. The van der Waals surface area contributed by atoms with Crippen LogP contribution in [0.3, 0.4) is 0 Å². The first kappa shape index (κ1) is 18.6. The molecule has 0 aromatic heterocycles. The van der Waals surface area contributed by atoms with E-state index in [0.717, 1.165) is 5.56 Å². The summed E-state index contributed by atoms with van der Waals surface area (Å²) in [7, 11) is 0. The van der Waals surface area contributed by atoms with Gasteiger partial charge in [-0.1, -0.05) is 45.0 Å². The predicted octanol–water partition coefficient (Wildman–Crippen LogP) is 4.18. The molecule has 0 bridgehead atoms. The van der Waals surface area contributed by atoms with Gasteiger partial charge in [-0.25, -0.2) is 9.18 Å². The number of hydrogen-bond donors (Lipinski definition) is 0. The molecule has 0 aliphatic heterocycles. The minimum absolute atomic E-state index is 0.162. The van der Waals surface area contributed by atoms with Gasteiger partial charge < -0.3 is 9.47 Å². The normalized spacial score (nSPS) is 11.0. The van der Waals surface area contributed by atoms with E-state index in [9.17, 15) is 14.0 Å². The summed E-state index contributed by atoms with van der Waals surface area (Å²) < 4.78 is 23.7. The maximum atomic E-state index is 12.9. The second-order valence-electron chi connectivity index (χ2n) is 6.66. The van der Waals surface area contributed by atoms with Gasteiger partial charge in [0.2, 0.25) is 0 Å². The molecule has 0 saturated carbocycles. The Bertz CT molecular complexity index is 745. The van der Waals surface area contributed by atoms with Crippen molar-refractivity contribution in [2.75, 3.05) is 6.61 Å². The largest absolute Gasteiger partial charge is 0.488 e. The summed E-state index contributed by atoms with van der Waals surface area (Å²) in [4.78, 5) is 24.1. The van der Waals surface area contributed by atoms with Crippen molar-refractivity contribution in [3.63, 3.8) is 0 Å². The number of ether oxygens (including phenoxy) is 2. The molecule has 4 nitrogen and oxygen atoms in total. The van der Waals surface area contributed by atoms with Crippen molar-refractivity contribution < 1.29 is 23.5 Å². The summed E-state index contributed by atoms with van der Waals surface area (Å²) in [5, 5.41) is 0. The van der Waals surface area contributed by atoms with E-state index in [2.05, 4.69) is 0 Å². The third-order valence-electron chi connectivity index (χ3n) is 3.59. The van der Waals surface area contributed by atoms with Gasteiger partial charge in [-0.05, 0) is 29.8 Å². The monoisotopic (exact) mass is 344 g/mol. The van der Waals surface area contributed by atoms with E-state index >= 15 is 0 Å².